The van der Waals surface area contributed by atoms with Crippen molar-refractivity contribution in [1.82, 2.24) is 0 Å². The lowest BCUT2D eigenvalue weighted by molar-refractivity contribution is 0.295. The molecule has 0 unspecified atom stereocenters. The summed E-state index contributed by atoms with van der Waals surface area (Å²) < 4.78 is 40.2. The molecule has 1 aromatic rings. The minimum Gasteiger partial charge on any atom is -0.324 e. The first-order valence-electron chi connectivity index (χ1n) is 6.00. The first-order valence-corrected chi connectivity index (χ1v) is 6.00. The van der Waals surface area contributed by atoms with Gasteiger partial charge in [0.25, 0.3) is 0 Å². The van der Waals surface area contributed by atoms with Crippen molar-refractivity contribution in [2.45, 2.75) is 38.1 Å². The molecule has 0 aromatic heterocycles. The standard InChI is InChI=1S/C13H16F3N/c14-9-6-7-10(15)12(16)11(9)13(17)8-4-2-1-3-5-8/h6-8,13H,1-5,17H2/t13-/m0/s1. The van der Waals surface area contributed by atoms with Crippen LogP contribution in [-0.4, -0.2) is 0 Å². The summed E-state index contributed by atoms with van der Waals surface area (Å²) in [5.74, 6) is -2.87. The maximum atomic E-state index is 13.6. The van der Waals surface area contributed by atoms with Gasteiger partial charge in [-0.2, -0.15) is 0 Å². The number of rotatable bonds is 2. The van der Waals surface area contributed by atoms with Gasteiger partial charge in [-0.15, -0.1) is 0 Å². The summed E-state index contributed by atoms with van der Waals surface area (Å²) in [7, 11) is 0. The maximum Gasteiger partial charge on any atom is 0.166 e. The monoisotopic (exact) mass is 243 g/mol. The van der Waals surface area contributed by atoms with E-state index >= 15 is 0 Å². The highest BCUT2D eigenvalue weighted by molar-refractivity contribution is 5.25. The van der Waals surface area contributed by atoms with Crippen molar-refractivity contribution in [2.75, 3.05) is 0 Å². The van der Waals surface area contributed by atoms with Crippen molar-refractivity contribution in [1.29, 1.82) is 0 Å². The van der Waals surface area contributed by atoms with E-state index in [9.17, 15) is 13.2 Å². The Labute approximate surface area is 98.8 Å². The van der Waals surface area contributed by atoms with E-state index < -0.39 is 23.5 Å². The fourth-order valence-corrected chi connectivity index (χ4v) is 2.58. The maximum absolute atomic E-state index is 13.6. The normalized spacial score (nSPS) is 19.3. The lowest BCUT2D eigenvalue weighted by Crippen LogP contribution is -2.26. The molecule has 1 fully saturated rings. The summed E-state index contributed by atoms with van der Waals surface area (Å²) in [6.07, 6.45) is 4.90. The molecule has 1 nitrogen and oxygen atoms in total. The van der Waals surface area contributed by atoms with Gasteiger partial charge in [0.1, 0.15) is 5.82 Å². The molecular weight excluding hydrogens is 227 g/mol. The van der Waals surface area contributed by atoms with Crippen molar-refractivity contribution in [2.24, 2.45) is 11.7 Å². The lowest BCUT2D eigenvalue weighted by Gasteiger charge is -2.28. The van der Waals surface area contributed by atoms with Crippen LogP contribution < -0.4 is 5.73 Å². The van der Waals surface area contributed by atoms with Crippen molar-refractivity contribution in [3.63, 3.8) is 0 Å². The molecule has 0 saturated heterocycles. The highest BCUT2D eigenvalue weighted by Gasteiger charge is 2.27. The molecule has 0 bridgehead atoms. The first kappa shape index (κ1) is 12.4. The molecule has 1 atom stereocenters. The molecule has 4 heteroatoms. The van der Waals surface area contributed by atoms with E-state index in [-0.39, 0.29) is 11.5 Å². The van der Waals surface area contributed by atoms with Crippen molar-refractivity contribution >= 4 is 0 Å². The fraction of sp³-hybridized carbons (Fsp3) is 0.538. The van der Waals surface area contributed by atoms with Crippen molar-refractivity contribution in [3.05, 3.63) is 35.1 Å². The predicted octanol–water partition coefficient (Wildman–Crippen LogP) is 3.68. The molecule has 2 N–H and O–H groups in total. The average molecular weight is 243 g/mol. The molecule has 1 saturated carbocycles. The van der Waals surface area contributed by atoms with Gasteiger partial charge in [-0.1, -0.05) is 19.3 Å². The Bertz CT molecular complexity index is 400. The topological polar surface area (TPSA) is 26.0 Å². The Morgan fingerprint density at radius 3 is 2.24 bits per heavy atom. The van der Waals surface area contributed by atoms with Gasteiger partial charge in [0.2, 0.25) is 0 Å². The number of hydrogen-bond acceptors (Lipinski definition) is 1. The van der Waals surface area contributed by atoms with Crippen LogP contribution in [0.3, 0.4) is 0 Å². The van der Waals surface area contributed by atoms with E-state index in [1.165, 1.54) is 0 Å². The second-order valence-electron chi connectivity index (χ2n) is 4.68. The third kappa shape index (κ3) is 2.46. The van der Waals surface area contributed by atoms with Crippen molar-refractivity contribution in [3.8, 4) is 0 Å². The molecule has 1 aromatic carbocycles. The predicted molar refractivity (Wildman–Crippen MR) is 59.8 cm³/mol. The fourth-order valence-electron chi connectivity index (χ4n) is 2.58. The Balaban J connectivity index is 2.29. The first-order chi connectivity index (χ1) is 8.11. The average Bonchev–Trinajstić information content (AvgIpc) is 2.35. The van der Waals surface area contributed by atoms with Crippen LogP contribution in [0.4, 0.5) is 13.2 Å². The Kier molecular flexibility index (Phi) is 3.72. The summed E-state index contributed by atoms with van der Waals surface area (Å²) >= 11 is 0. The van der Waals surface area contributed by atoms with E-state index in [4.69, 9.17) is 5.73 Å². The second-order valence-corrected chi connectivity index (χ2v) is 4.68. The van der Waals surface area contributed by atoms with Gasteiger partial charge in [-0.05, 0) is 30.9 Å². The van der Waals surface area contributed by atoms with Gasteiger partial charge < -0.3 is 5.73 Å². The van der Waals surface area contributed by atoms with Crippen LogP contribution in [0, 0.1) is 23.4 Å². The zero-order valence-electron chi connectivity index (χ0n) is 9.56. The largest absolute Gasteiger partial charge is 0.324 e. The smallest absolute Gasteiger partial charge is 0.166 e. The summed E-state index contributed by atoms with van der Waals surface area (Å²) in [6.45, 7) is 0. The van der Waals surface area contributed by atoms with Crippen LogP contribution in [0.2, 0.25) is 0 Å². The van der Waals surface area contributed by atoms with Crippen molar-refractivity contribution < 1.29 is 13.2 Å². The Morgan fingerprint density at radius 2 is 1.59 bits per heavy atom. The van der Waals surface area contributed by atoms with Crippen LogP contribution >= 0.6 is 0 Å². The molecule has 94 valence electrons. The zero-order chi connectivity index (χ0) is 12.4. The number of nitrogens with two attached hydrogens (primary N) is 1. The quantitative estimate of drug-likeness (QED) is 0.788. The van der Waals surface area contributed by atoms with Crippen LogP contribution in [-0.2, 0) is 0 Å². The second kappa shape index (κ2) is 5.08. The number of hydrogen-bond donors (Lipinski definition) is 1. The lowest BCUT2D eigenvalue weighted by atomic mass is 9.81. The third-order valence-corrected chi connectivity index (χ3v) is 3.57. The van der Waals surface area contributed by atoms with Crippen LogP contribution in [0.15, 0.2) is 12.1 Å². The molecule has 2 rings (SSSR count). The zero-order valence-corrected chi connectivity index (χ0v) is 9.56. The SMILES string of the molecule is N[C@H](c1c(F)ccc(F)c1F)C1CCCCC1. The van der Waals surface area contributed by atoms with Gasteiger partial charge in [-0.3, -0.25) is 0 Å². The van der Waals surface area contributed by atoms with E-state index in [1.807, 2.05) is 0 Å². The highest BCUT2D eigenvalue weighted by Crippen LogP contribution is 2.35. The number of benzene rings is 1. The summed E-state index contributed by atoms with van der Waals surface area (Å²) in [5, 5.41) is 0. The van der Waals surface area contributed by atoms with E-state index in [0.717, 1.165) is 44.2 Å². The van der Waals surface area contributed by atoms with Gasteiger partial charge in [0.05, 0.1) is 0 Å². The molecule has 0 radical (unpaired) electrons. The van der Waals surface area contributed by atoms with Crippen LogP contribution in [0.25, 0.3) is 0 Å². The Hall–Kier alpha value is -1.03. The van der Waals surface area contributed by atoms with Gasteiger partial charge in [0, 0.05) is 11.6 Å². The molecular formula is C13H16F3N. The molecule has 1 aliphatic rings. The van der Waals surface area contributed by atoms with Gasteiger partial charge >= 0.3 is 0 Å². The summed E-state index contributed by atoms with van der Waals surface area (Å²) in [5.41, 5.74) is 5.60. The Morgan fingerprint density at radius 1 is 1.00 bits per heavy atom. The van der Waals surface area contributed by atoms with E-state index in [2.05, 4.69) is 0 Å². The van der Waals surface area contributed by atoms with Gasteiger partial charge in [0.15, 0.2) is 11.6 Å². The molecule has 0 amide bonds. The molecule has 0 heterocycles. The molecule has 17 heavy (non-hydrogen) atoms. The minimum atomic E-state index is -1.14. The molecule has 0 aliphatic heterocycles. The van der Waals surface area contributed by atoms with Crippen LogP contribution in [0.5, 0.6) is 0 Å². The molecule has 1 aliphatic carbocycles. The van der Waals surface area contributed by atoms with E-state index in [0.29, 0.717) is 0 Å². The highest BCUT2D eigenvalue weighted by atomic mass is 19.2. The number of halogens is 3. The van der Waals surface area contributed by atoms with Crippen LogP contribution in [0.1, 0.15) is 43.7 Å². The summed E-state index contributed by atoms with van der Waals surface area (Å²) in [6, 6.07) is 0.990. The van der Waals surface area contributed by atoms with E-state index in [1.54, 1.807) is 0 Å². The summed E-state index contributed by atoms with van der Waals surface area (Å²) in [4.78, 5) is 0. The van der Waals surface area contributed by atoms with Gasteiger partial charge in [-0.25, -0.2) is 13.2 Å². The minimum absolute atomic E-state index is 0.0505. The molecule has 0 spiro atoms. The third-order valence-electron chi connectivity index (χ3n) is 3.57.